The van der Waals surface area contributed by atoms with Crippen molar-refractivity contribution in [3.8, 4) is 0 Å². The minimum Gasteiger partial charge on any atom is -0.393 e. The third-order valence-electron chi connectivity index (χ3n) is 4.92. The zero-order valence-corrected chi connectivity index (χ0v) is 14.4. The van der Waals surface area contributed by atoms with Gasteiger partial charge in [-0.3, -0.25) is 4.79 Å². The number of benzene rings is 1. The summed E-state index contributed by atoms with van der Waals surface area (Å²) in [5.41, 5.74) is 3.72. The Morgan fingerprint density at radius 3 is 2.84 bits per heavy atom. The molecule has 6 heteroatoms. The monoisotopic (exact) mass is 338 g/mol. The molecule has 25 heavy (non-hydrogen) atoms. The molecule has 3 heterocycles. The van der Waals surface area contributed by atoms with E-state index < -0.39 is 0 Å². The van der Waals surface area contributed by atoms with Gasteiger partial charge in [0.1, 0.15) is 0 Å². The van der Waals surface area contributed by atoms with Gasteiger partial charge in [0.05, 0.1) is 23.9 Å². The molecule has 1 aromatic carbocycles. The van der Waals surface area contributed by atoms with E-state index in [1.165, 1.54) is 5.56 Å². The number of aliphatic hydroxyl groups excluding tert-OH is 1. The van der Waals surface area contributed by atoms with Gasteiger partial charge < -0.3 is 14.9 Å². The molecule has 0 radical (unpaired) electrons. The fraction of sp³-hybridized carbons (Fsp3) is 0.421. The number of carbonyl (C=O) groups is 1. The first-order chi connectivity index (χ1) is 12.1. The summed E-state index contributed by atoms with van der Waals surface area (Å²) in [6, 6.07) is 8.21. The Labute approximate surface area is 147 Å². The van der Waals surface area contributed by atoms with Crippen molar-refractivity contribution >= 4 is 11.9 Å². The number of piperidine rings is 1. The Balaban J connectivity index is 1.51. The first kappa shape index (κ1) is 16.0. The van der Waals surface area contributed by atoms with Crippen LogP contribution in [0.4, 0.5) is 5.95 Å². The lowest BCUT2D eigenvalue weighted by Crippen LogP contribution is -2.37. The van der Waals surface area contributed by atoms with Crippen molar-refractivity contribution in [2.24, 2.45) is 0 Å². The van der Waals surface area contributed by atoms with Gasteiger partial charge in [-0.15, -0.1) is 0 Å². The van der Waals surface area contributed by atoms with Crippen LogP contribution >= 0.6 is 0 Å². The van der Waals surface area contributed by atoms with Crippen LogP contribution in [0.3, 0.4) is 0 Å². The van der Waals surface area contributed by atoms with Crippen molar-refractivity contribution in [3.63, 3.8) is 0 Å². The maximum absolute atomic E-state index is 12.6. The second kappa shape index (κ2) is 6.44. The van der Waals surface area contributed by atoms with E-state index >= 15 is 0 Å². The normalized spacial score (nSPS) is 17.9. The number of aryl methyl sites for hydroxylation is 1. The fourth-order valence-electron chi connectivity index (χ4n) is 3.51. The van der Waals surface area contributed by atoms with Crippen LogP contribution in [0.5, 0.6) is 0 Å². The lowest BCUT2D eigenvalue weighted by molar-refractivity contribution is 0.0766. The number of rotatable bonds is 3. The summed E-state index contributed by atoms with van der Waals surface area (Å²) in [4.78, 5) is 25.5. The highest BCUT2D eigenvalue weighted by molar-refractivity contribution is 5.97. The van der Waals surface area contributed by atoms with Crippen LogP contribution in [0.2, 0.25) is 0 Å². The predicted octanol–water partition coefficient (Wildman–Crippen LogP) is 1.90. The number of fused-ring (bicyclic) bond motifs is 1. The van der Waals surface area contributed by atoms with Gasteiger partial charge in [-0.2, -0.15) is 0 Å². The number of aliphatic hydroxyl groups is 1. The standard InChI is InChI=1S/C19H22N4O2/c1-13-3-2-4-14(9-13)11-23-12-17-16(18(23)25)10-20-19(21-17)22-7-5-15(24)6-8-22/h2-4,9-10,15,24H,5-8,11-12H2,1H3. The van der Waals surface area contributed by atoms with Crippen LogP contribution in [-0.2, 0) is 13.1 Å². The van der Waals surface area contributed by atoms with Crippen molar-refractivity contribution in [2.45, 2.75) is 39.0 Å². The molecule has 1 fully saturated rings. The van der Waals surface area contributed by atoms with Gasteiger partial charge in [0.2, 0.25) is 5.95 Å². The van der Waals surface area contributed by atoms with Gasteiger partial charge in [0.15, 0.2) is 0 Å². The molecular formula is C19H22N4O2. The summed E-state index contributed by atoms with van der Waals surface area (Å²) in [5.74, 6) is 0.660. The van der Waals surface area contributed by atoms with Gasteiger partial charge in [-0.1, -0.05) is 29.8 Å². The van der Waals surface area contributed by atoms with Crippen LogP contribution in [0.15, 0.2) is 30.5 Å². The average molecular weight is 338 g/mol. The molecule has 1 N–H and O–H groups in total. The molecule has 1 saturated heterocycles. The van der Waals surface area contributed by atoms with Crippen molar-refractivity contribution < 1.29 is 9.90 Å². The second-order valence-corrected chi connectivity index (χ2v) is 6.90. The van der Waals surface area contributed by atoms with E-state index in [0.717, 1.165) is 37.2 Å². The number of anilines is 1. The zero-order valence-electron chi connectivity index (χ0n) is 14.4. The van der Waals surface area contributed by atoms with E-state index in [0.29, 0.717) is 24.6 Å². The van der Waals surface area contributed by atoms with Gasteiger partial charge >= 0.3 is 0 Å². The number of amides is 1. The van der Waals surface area contributed by atoms with Crippen molar-refractivity contribution in [1.82, 2.24) is 14.9 Å². The number of carbonyl (C=O) groups excluding carboxylic acids is 1. The Hall–Kier alpha value is -2.47. The predicted molar refractivity (Wildman–Crippen MR) is 94.2 cm³/mol. The molecule has 1 aromatic heterocycles. The van der Waals surface area contributed by atoms with Gasteiger partial charge in [-0.25, -0.2) is 9.97 Å². The van der Waals surface area contributed by atoms with Gasteiger partial charge in [-0.05, 0) is 25.3 Å². The average Bonchev–Trinajstić information content (AvgIpc) is 2.91. The van der Waals surface area contributed by atoms with Gasteiger partial charge in [0.25, 0.3) is 5.91 Å². The highest BCUT2D eigenvalue weighted by Gasteiger charge is 2.30. The van der Waals surface area contributed by atoms with E-state index in [1.807, 2.05) is 17.0 Å². The zero-order chi connectivity index (χ0) is 17.4. The van der Waals surface area contributed by atoms with Crippen molar-refractivity contribution in [2.75, 3.05) is 18.0 Å². The smallest absolute Gasteiger partial charge is 0.258 e. The Morgan fingerprint density at radius 1 is 1.28 bits per heavy atom. The molecule has 2 aliphatic heterocycles. The summed E-state index contributed by atoms with van der Waals surface area (Å²) < 4.78 is 0. The number of hydrogen-bond donors (Lipinski definition) is 1. The maximum Gasteiger partial charge on any atom is 0.258 e. The number of hydrogen-bond acceptors (Lipinski definition) is 5. The summed E-state index contributed by atoms with van der Waals surface area (Å²) in [5, 5.41) is 9.64. The van der Waals surface area contributed by atoms with Crippen LogP contribution in [0.1, 0.15) is 40.0 Å². The molecule has 0 aliphatic carbocycles. The third kappa shape index (κ3) is 3.22. The van der Waals surface area contributed by atoms with E-state index in [-0.39, 0.29) is 12.0 Å². The molecule has 2 aromatic rings. The quantitative estimate of drug-likeness (QED) is 0.926. The summed E-state index contributed by atoms with van der Waals surface area (Å²) in [6.07, 6.45) is 2.90. The summed E-state index contributed by atoms with van der Waals surface area (Å²) in [6.45, 7) is 4.66. The molecule has 0 unspecified atom stereocenters. The minimum atomic E-state index is -0.225. The van der Waals surface area contributed by atoms with Crippen molar-refractivity contribution in [3.05, 3.63) is 52.8 Å². The van der Waals surface area contributed by atoms with Crippen LogP contribution in [0, 0.1) is 6.92 Å². The molecule has 0 bridgehead atoms. The van der Waals surface area contributed by atoms with Crippen LogP contribution in [-0.4, -0.2) is 45.1 Å². The Morgan fingerprint density at radius 2 is 2.08 bits per heavy atom. The molecule has 0 atom stereocenters. The topological polar surface area (TPSA) is 69.6 Å². The highest BCUT2D eigenvalue weighted by atomic mass is 16.3. The first-order valence-corrected chi connectivity index (χ1v) is 8.74. The SMILES string of the molecule is Cc1cccc(CN2Cc3nc(N4CCC(O)CC4)ncc3C2=O)c1. The molecule has 0 saturated carbocycles. The number of nitrogens with zero attached hydrogens (tertiary/aromatic N) is 4. The maximum atomic E-state index is 12.6. The number of aromatic nitrogens is 2. The largest absolute Gasteiger partial charge is 0.393 e. The third-order valence-corrected chi connectivity index (χ3v) is 4.92. The second-order valence-electron chi connectivity index (χ2n) is 6.90. The summed E-state index contributed by atoms with van der Waals surface area (Å²) >= 11 is 0. The first-order valence-electron chi connectivity index (χ1n) is 8.74. The Bertz CT molecular complexity index is 800. The Kier molecular flexibility index (Phi) is 4.13. The molecule has 4 rings (SSSR count). The summed E-state index contributed by atoms with van der Waals surface area (Å²) in [7, 11) is 0. The highest BCUT2D eigenvalue weighted by Crippen LogP contribution is 2.25. The van der Waals surface area contributed by atoms with E-state index in [2.05, 4.69) is 33.9 Å². The lowest BCUT2D eigenvalue weighted by Gasteiger charge is -2.29. The van der Waals surface area contributed by atoms with E-state index in [4.69, 9.17) is 0 Å². The van der Waals surface area contributed by atoms with Crippen LogP contribution < -0.4 is 4.90 Å². The van der Waals surface area contributed by atoms with Gasteiger partial charge in [0, 0.05) is 25.8 Å². The molecule has 6 nitrogen and oxygen atoms in total. The fourth-order valence-corrected chi connectivity index (χ4v) is 3.51. The molecule has 0 spiro atoms. The molecular weight excluding hydrogens is 316 g/mol. The lowest BCUT2D eigenvalue weighted by atomic mass is 10.1. The minimum absolute atomic E-state index is 0.00266. The van der Waals surface area contributed by atoms with Crippen molar-refractivity contribution in [1.29, 1.82) is 0 Å². The molecule has 130 valence electrons. The molecule has 2 aliphatic rings. The molecule has 1 amide bonds. The van der Waals surface area contributed by atoms with E-state index in [9.17, 15) is 9.90 Å². The van der Waals surface area contributed by atoms with Crippen LogP contribution in [0.25, 0.3) is 0 Å². The van der Waals surface area contributed by atoms with E-state index in [1.54, 1.807) is 6.20 Å².